The number of para-hydroxylation sites is 1. The second-order valence-electron chi connectivity index (χ2n) is 6.18. The average molecular weight is 407 g/mol. The molecule has 2 aromatic carbocycles. The number of benzene rings is 2. The third kappa shape index (κ3) is 3.83. The molecule has 8 heteroatoms. The van der Waals surface area contributed by atoms with Crippen molar-refractivity contribution in [1.29, 1.82) is 0 Å². The number of carbonyl (C=O) groups excluding carboxylic acids is 2. The Labute approximate surface area is 170 Å². The van der Waals surface area contributed by atoms with Crippen molar-refractivity contribution in [3.63, 3.8) is 0 Å². The van der Waals surface area contributed by atoms with Crippen LogP contribution in [0.2, 0.25) is 0 Å². The minimum Gasteiger partial charge on any atom is -0.452 e. The molecule has 7 nitrogen and oxygen atoms in total. The van der Waals surface area contributed by atoms with E-state index in [-0.39, 0.29) is 11.7 Å². The van der Waals surface area contributed by atoms with Gasteiger partial charge in [0.2, 0.25) is 0 Å². The van der Waals surface area contributed by atoms with E-state index >= 15 is 0 Å². The highest BCUT2D eigenvalue weighted by molar-refractivity contribution is 7.21. The van der Waals surface area contributed by atoms with Crippen LogP contribution in [0.5, 0.6) is 0 Å². The normalized spacial score (nSPS) is 10.7. The maximum atomic E-state index is 12.5. The fraction of sp³-hybridized carbons (Fsp3) is 0.0952. The number of amides is 2. The monoisotopic (exact) mass is 407 g/mol. The Kier molecular flexibility index (Phi) is 5.01. The summed E-state index contributed by atoms with van der Waals surface area (Å²) in [7, 11) is 2.92. The van der Waals surface area contributed by atoms with Gasteiger partial charge in [-0.15, -0.1) is 11.3 Å². The van der Waals surface area contributed by atoms with E-state index in [2.05, 4.69) is 15.0 Å². The summed E-state index contributed by atoms with van der Waals surface area (Å²) in [4.78, 5) is 30.0. The summed E-state index contributed by atoms with van der Waals surface area (Å²) in [5.74, 6) is 0.368. The molecule has 29 heavy (non-hydrogen) atoms. The second-order valence-corrected chi connectivity index (χ2v) is 7.21. The molecule has 0 unspecified atom stereocenters. The number of thiazole rings is 1. The molecule has 0 fully saturated rings. The van der Waals surface area contributed by atoms with E-state index < -0.39 is 6.09 Å². The van der Waals surface area contributed by atoms with E-state index in [1.54, 1.807) is 43.4 Å². The molecular formula is C21H17N3O4S. The summed E-state index contributed by atoms with van der Waals surface area (Å²) in [6, 6.07) is 18.0. The maximum Gasteiger partial charge on any atom is 0.413 e. The molecule has 2 aromatic heterocycles. The molecule has 0 aliphatic carbocycles. The summed E-state index contributed by atoms with van der Waals surface area (Å²) >= 11 is 1.51. The Morgan fingerprint density at radius 2 is 1.83 bits per heavy atom. The summed E-state index contributed by atoms with van der Waals surface area (Å²) in [5, 5.41) is 3.50. The van der Waals surface area contributed by atoms with Crippen molar-refractivity contribution in [3.8, 4) is 10.8 Å². The number of anilines is 2. The number of hydrogen-bond acceptors (Lipinski definition) is 6. The van der Waals surface area contributed by atoms with Gasteiger partial charge >= 0.3 is 6.09 Å². The van der Waals surface area contributed by atoms with Gasteiger partial charge in [-0.25, -0.2) is 9.78 Å². The zero-order valence-electron chi connectivity index (χ0n) is 15.7. The van der Waals surface area contributed by atoms with Crippen LogP contribution in [0.3, 0.4) is 0 Å². The highest BCUT2D eigenvalue weighted by atomic mass is 32.1. The van der Waals surface area contributed by atoms with Gasteiger partial charge in [0.15, 0.2) is 16.5 Å². The van der Waals surface area contributed by atoms with Crippen LogP contribution in [-0.2, 0) is 4.74 Å². The molecule has 0 saturated carbocycles. The number of nitrogens with one attached hydrogen (secondary N) is 1. The minimum absolute atomic E-state index is 0.190. The van der Waals surface area contributed by atoms with E-state index in [4.69, 9.17) is 4.42 Å². The van der Waals surface area contributed by atoms with Crippen molar-refractivity contribution in [1.82, 2.24) is 4.98 Å². The molecule has 4 rings (SSSR count). The van der Waals surface area contributed by atoms with Gasteiger partial charge in [0.1, 0.15) is 0 Å². The molecule has 0 radical (unpaired) electrons. The van der Waals surface area contributed by atoms with Crippen LogP contribution in [0, 0.1) is 0 Å². The van der Waals surface area contributed by atoms with Crippen LogP contribution in [0.15, 0.2) is 65.1 Å². The van der Waals surface area contributed by atoms with Gasteiger partial charge in [0.25, 0.3) is 5.91 Å². The molecule has 0 aliphatic heterocycles. The van der Waals surface area contributed by atoms with Crippen molar-refractivity contribution >= 4 is 44.9 Å². The quantitative estimate of drug-likeness (QED) is 0.514. The Morgan fingerprint density at radius 3 is 2.55 bits per heavy atom. The van der Waals surface area contributed by atoms with Crippen LogP contribution in [0.4, 0.5) is 16.2 Å². The number of rotatable bonds is 4. The Morgan fingerprint density at radius 1 is 1.07 bits per heavy atom. The lowest BCUT2D eigenvalue weighted by Gasteiger charge is -2.15. The lowest BCUT2D eigenvalue weighted by molar-refractivity contribution is 0.0997. The molecule has 0 spiro atoms. The number of methoxy groups -OCH3 is 1. The summed E-state index contributed by atoms with van der Waals surface area (Å²) in [6.07, 6.45) is -0.472. The standard InChI is InChI=1S/C21H17N3O4S/c1-24(21(26)27-2)14-9-7-13(8-10-14)22-19(25)16-11-12-17(28-16)20-23-15-5-3-4-6-18(15)29-20/h3-12H,1-2H3,(H,22,25). The number of fused-ring (bicyclic) bond motifs is 1. The number of aromatic nitrogens is 1. The second kappa shape index (κ2) is 7.76. The lowest BCUT2D eigenvalue weighted by Crippen LogP contribution is -2.25. The van der Waals surface area contributed by atoms with E-state index in [0.29, 0.717) is 17.1 Å². The Balaban J connectivity index is 1.47. The number of ether oxygens (including phenoxy) is 1. The summed E-state index contributed by atoms with van der Waals surface area (Å²) < 4.78 is 11.4. The summed E-state index contributed by atoms with van der Waals surface area (Å²) in [6.45, 7) is 0. The fourth-order valence-electron chi connectivity index (χ4n) is 2.76. The lowest BCUT2D eigenvalue weighted by atomic mass is 10.2. The zero-order chi connectivity index (χ0) is 20.4. The van der Waals surface area contributed by atoms with Gasteiger partial charge in [-0.1, -0.05) is 12.1 Å². The van der Waals surface area contributed by atoms with Crippen molar-refractivity contribution in [3.05, 3.63) is 66.4 Å². The highest BCUT2D eigenvalue weighted by Crippen LogP contribution is 2.31. The molecule has 0 bridgehead atoms. The third-order valence-electron chi connectivity index (χ3n) is 4.30. The van der Waals surface area contributed by atoms with Gasteiger partial charge in [-0.2, -0.15) is 0 Å². The SMILES string of the molecule is COC(=O)N(C)c1ccc(NC(=O)c2ccc(-c3nc4ccccc4s3)o2)cc1. The zero-order valence-corrected chi connectivity index (χ0v) is 16.5. The van der Waals surface area contributed by atoms with Crippen molar-refractivity contribution in [2.24, 2.45) is 0 Å². The first-order chi connectivity index (χ1) is 14.0. The van der Waals surface area contributed by atoms with Crippen molar-refractivity contribution in [2.75, 3.05) is 24.4 Å². The van der Waals surface area contributed by atoms with Crippen LogP contribution in [0.1, 0.15) is 10.6 Å². The smallest absolute Gasteiger partial charge is 0.413 e. The van der Waals surface area contributed by atoms with E-state index in [0.717, 1.165) is 15.2 Å². The van der Waals surface area contributed by atoms with E-state index in [9.17, 15) is 9.59 Å². The molecule has 0 atom stereocenters. The van der Waals surface area contributed by atoms with Crippen LogP contribution in [-0.4, -0.2) is 31.1 Å². The molecular weight excluding hydrogens is 390 g/mol. The minimum atomic E-state index is -0.472. The van der Waals surface area contributed by atoms with Crippen molar-refractivity contribution in [2.45, 2.75) is 0 Å². The first-order valence-electron chi connectivity index (χ1n) is 8.74. The molecule has 0 saturated heterocycles. The molecule has 2 heterocycles. The average Bonchev–Trinajstić information content (AvgIpc) is 3.40. The third-order valence-corrected chi connectivity index (χ3v) is 5.35. The highest BCUT2D eigenvalue weighted by Gasteiger charge is 2.16. The van der Waals surface area contributed by atoms with Crippen LogP contribution < -0.4 is 10.2 Å². The molecule has 0 aliphatic rings. The maximum absolute atomic E-state index is 12.5. The van der Waals surface area contributed by atoms with Gasteiger partial charge in [-0.05, 0) is 48.5 Å². The van der Waals surface area contributed by atoms with Gasteiger partial charge in [-0.3, -0.25) is 9.69 Å². The molecule has 146 valence electrons. The number of hydrogen-bond donors (Lipinski definition) is 1. The predicted molar refractivity (Wildman–Crippen MR) is 113 cm³/mol. The topological polar surface area (TPSA) is 84.7 Å². The number of nitrogens with zero attached hydrogens (tertiary/aromatic N) is 2. The van der Waals surface area contributed by atoms with Crippen LogP contribution in [0.25, 0.3) is 21.0 Å². The first kappa shape index (κ1) is 18.7. The Bertz CT molecular complexity index is 1150. The number of carbonyl (C=O) groups is 2. The molecule has 2 amide bonds. The van der Waals surface area contributed by atoms with Gasteiger partial charge in [0, 0.05) is 18.4 Å². The largest absolute Gasteiger partial charge is 0.452 e. The predicted octanol–water partition coefficient (Wildman–Crippen LogP) is 5.01. The van der Waals surface area contributed by atoms with Crippen LogP contribution >= 0.6 is 11.3 Å². The Hall–Kier alpha value is -3.65. The first-order valence-corrected chi connectivity index (χ1v) is 9.55. The number of furan rings is 1. The van der Waals surface area contributed by atoms with Gasteiger partial charge < -0.3 is 14.5 Å². The van der Waals surface area contributed by atoms with E-state index in [1.165, 1.54) is 23.3 Å². The molecule has 1 N–H and O–H groups in total. The fourth-order valence-corrected chi connectivity index (χ4v) is 3.68. The van der Waals surface area contributed by atoms with Crippen molar-refractivity contribution < 1.29 is 18.7 Å². The van der Waals surface area contributed by atoms with E-state index in [1.807, 2.05) is 24.3 Å². The molecule has 4 aromatic rings. The summed E-state index contributed by atoms with van der Waals surface area (Å²) in [5.41, 5.74) is 2.12. The van der Waals surface area contributed by atoms with Gasteiger partial charge in [0.05, 0.1) is 17.3 Å².